The normalized spacial score (nSPS) is 15.3. The first-order valence-electron chi connectivity index (χ1n) is 5.02. The zero-order valence-electron chi connectivity index (χ0n) is 9.92. The van der Waals surface area contributed by atoms with Crippen molar-refractivity contribution in [2.45, 2.75) is 23.4 Å². The predicted molar refractivity (Wildman–Crippen MR) is 69.3 cm³/mol. The molecule has 0 bridgehead atoms. The topological polar surface area (TPSA) is 69.2 Å². The fourth-order valence-corrected chi connectivity index (χ4v) is 3.37. The van der Waals surface area contributed by atoms with E-state index in [0.29, 0.717) is 12.3 Å². The lowest BCUT2D eigenvalue weighted by Gasteiger charge is -2.16. The molecule has 0 aliphatic carbocycles. The third-order valence-corrected chi connectivity index (χ3v) is 5.64. The van der Waals surface area contributed by atoms with Gasteiger partial charge in [-0.15, -0.1) is 0 Å². The summed E-state index contributed by atoms with van der Waals surface area (Å²) in [7, 11) is -1.53. The molecule has 96 valence electrons. The van der Waals surface area contributed by atoms with Gasteiger partial charge in [-0.3, -0.25) is 0 Å². The largest absolute Gasteiger partial charge is 0.481 e. The van der Waals surface area contributed by atoms with E-state index in [1.54, 1.807) is 13.0 Å². The van der Waals surface area contributed by atoms with Crippen molar-refractivity contribution in [2.75, 3.05) is 13.4 Å². The second-order valence-electron chi connectivity index (χ2n) is 3.81. The number of aromatic nitrogens is 2. The molecule has 0 amide bonds. The molecule has 5 nitrogen and oxygen atoms in total. The van der Waals surface area contributed by atoms with Crippen LogP contribution in [0.1, 0.15) is 12.6 Å². The highest BCUT2D eigenvalue weighted by atomic mass is 79.9. The van der Waals surface area contributed by atoms with Crippen LogP contribution in [0.4, 0.5) is 0 Å². The van der Waals surface area contributed by atoms with Crippen LogP contribution in [0, 0.1) is 0 Å². The molecule has 0 aliphatic heterocycles. The highest BCUT2D eigenvalue weighted by Gasteiger charge is 2.24. The van der Waals surface area contributed by atoms with Crippen LogP contribution >= 0.6 is 15.9 Å². The summed E-state index contributed by atoms with van der Waals surface area (Å²) >= 11 is 3.38. The summed E-state index contributed by atoms with van der Waals surface area (Å²) in [5.74, 6) is 0.474. The van der Waals surface area contributed by atoms with E-state index in [2.05, 4.69) is 25.9 Å². The molecule has 2 unspecified atom stereocenters. The fourth-order valence-electron chi connectivity index (χ4n) is 1.23. The van der Waals surface area contributed by atoms with Crippen LogP contribution < -0.4 is 4.74 Å². The van der Waals surface area contributed by atoms with Gasteiger partial charge in [0.2, 0.25) is 5.88 Å². The molecule has 1 aromatic heterocycles. The summed E-state index contributed by atoms with van der Waals surface area (Å²) in [5, 5.41) is -0.469. The number of hydrogen-bond acceptors (Lipinski definition) is 5. The van der Waals surface area contributed by atoms with E-state index in [4.69, 9.17) is 4.74 Å². The number of halogens is 1. The summed E-state index contributed by atoms with van der Waals surface area (Å²) in [5.41, 5.74) is 0.745. The van der Waals surface area contributed by atoms with Gasteiger partial charge in [-0.25, -0.2) is 18.4 Å². The summed E-state index contributed by atoms with van der Waals surface area (Å²) in [4.78, 5) is 7.78. The lowest BCUT2D eigenvalue weighted by atomic mass is 10.2. The Kier molecular flexibility index (Phi) is 4.88. The number of methoxy groups -OCH3 is 1. The maximum absolute atomic E-state index is 11.4. The van der Waals surface area contributed by atoms with Crippen molar-refractivity contribution in [2.24, 2.45) is 0 Å². The predicted octanol–water partition coefficient (Wildman–Crippen LogP) is 1.22. The van der Waals surface area contributed by atoms with E-state index in [-0.39, 0.29) is 4.83 Å². The first-order chi connectivity index (χ1) is 7.84. The van der Waals surface area contributed by atoms with Crippen LogP contribution in [-0.2, 0) is 16.3 Å². The van der Waals surface area contributed by atoms with Crippen LogP contribution in [0.5, 0.6) is 5.88 Å². The molecule has 7 heteroatoms. The molecular weight excluding hydrogens is 308 g/mol. The number of alkyl halides is 1. The van der Waals surface area contributed by atoms with E-state index in [0.717, 1.165) is 5.69 Å². The van der Waals surface area contributed by atoms with Crippen LogP contribution in [0.15, 0.2) is 12.4 Å². The SMILES string of the molecule is COc1cc(CC(Br)C(C)S(C)(=O)=O)ncn1. The first-order valence-corrected chi connectivity index (χ1v) is 7.89. The van der Waals surface area contributed by atoms with Crippen molar-refractivity contribution < 1.29 is 13.2 Å². The van der Waals surface area contributed by atoms with Gasteiger partial charge in [0.05, 0.1) is 12.4 Å². The van der Waals surface area contributed by atoms with E-state index >= 15 is 0 Å². The Morgan fingerprint density at radius 1 is 1.47 bits per heavy atom. The van der Waals surface area contributed by atoms with Crippen molar-refractivity contribution in [3.63, 3.8) is 0 Å². The van der Waals surface area contributed by atoms with E-state index in [1.807, 2.05) is 0 Å². The van der Waals surface area contributed by atoms with Crippen molar-refractivity contribution >= 4 is 25.8 Å². The summed E-state index contributed by atoms with van der Waals surface area (Å²) in [6.07, 6.45) is 3.14. The minimum Gasteiger partial charge on any atom is -0.481 e. The van der Waals surface area contributed by atoms with Gasteiger partial charge >= 0.3 is 0 Å². The van der Waals surface area contributed by atoms with Gasteiger partial charge in [0.15, 0.2) is 9.84 Å². The van der Waals surface area contributed by atoms with Gasteiger partial charge in [0.1, 0.15) is 6.33 Å². The maximum atomic E-state index is 11.4. The minimum absolute atomic E-state index is 0.183. The summed E-state index contributed by atoms with van der Waals surface area (Å²) in [6, 6.07) is 1.70. The lowest BCUT2D eigenvalue weighted by Crippen LogP contribution is -2.28. The van der Waals surface area contributed by atoms with Crippen molar-refractivity contribution in [1.82, 2.24) is 9.97 Å². The molecule has 1 rings (SSSR count). The Bertz CT molecular complexity index is 478. The maximum Gasteiger partial charge on any atom is 0.216 e. The average molecular weight is 323 g/mol. The van der Waals surface area contributed by atoms with Crippen LogP contribution in [0.2, 0.25) is 0 Å². The monoisotopic (exact) mass is 322 g/mol. The summed E-state index contributed by atoms with van der Waals surface area (Å²) < 4.78 is 27.8. The van der Waals surface area contributed by atoms with Gasteiger partial charge in [0, 0.05) is 29.3 Å². The molecule has 0 fully saturated rings. The average Bonchev–Trinajstić information content (AvgIpc) is 2.27. The number of ether oxygens (including phenoxy) is 1. The van der Waals surface area contributed by atoms with E-state index in [1.165, 1.54) is 19.7 Å². The second-order valence-corrected chi connectivity index (χ2v) is 7.39. The number of hydrogen-bond donors (Lipinski definition) is 0. The standard InChI is InChI=1S/C10H15BrN2O3S/c1-7(17(3,14)15)9(11)4-8-5-10(16-2)13-6-12-8/h5-7,9H,4H2,1-3H3. The molecule has 1 aromatic rings. The molecule has 17 heavy (non-hydrogen) atoms. The quantitative estimate of drug-likeness (QED) is 0.762. The van der Waals surface area contributed by atoms with Crippen molar-refractivity contribution in [1.29, 1.82) is 0 Å². The molecule has 0 aliphatic rings. The minimum atomic E-state index is -3.06. The zero-order chi connectivity index (χ0) is 13.1. The molecule has 0 aromatic carbocycles. The Hall–Kier alpha value is -0.690. The fraction of sp³-hybridized carbons (Fsp3) is 0.600. The van der Waals surface area contributed by atoms with Gasteiger partial charge in [-0.2, -0.15) is 0 Å². The van der Waals surface area contributed by atoms with Gasteiger partial charge < -0.3 is 4.74 Å². The molecule has 0 saturated carbocycles. The van der Waals surface area contributed by atoms with Crippen LogP contribution in [-0.4, -0.2) is 41.8 Å². The molecule has 0 radical (unpaired) electrons. The highest BCUT2D eigenvalue weighted by molar-refractivity contribution is 9.09. The smallest absolute Gasteiger partial charge is 0.216 e. The number of sulfone groups is 1. The molecular formula is C10H15BrN2O3S. The summed E-state index contributed by atoms with van der Waals surface area (Å²) in [6.45, 7) is 1.67. The third-order valence-electron chi connectivity index (χ3n) is 2.50. The van der Waals surface area contributed by atoms with Gasteiger partial charge in [-0.1, -0.05) is 15.9 Å². The molecule has 1 heterocycles. The zero-order valence-corrected chi connectivity index (χ0v) is 12.3. The second kappa shape index (κ2) is 5.77. The van der Waals surface area contributed by atoms with Gasteiger partial charge in [0.25, 0.3) is 0 Å². The Labute approximate surface area is 110 Å². The number of rotatable bonds is 5. The first kappa shape index (κ1) is 14.4. The Balaban J connectivity index is 2.77. The van der Waals surface area contributed by atoms with Crippen molar-refractivity contribution in [3.8, 4) is 5.88 Å². The van der Waals surface area contributed by atoms with E-state index in [9.17, 15) is 8.42 Å². The molecule has 0 spiro atoms. The van der Waals surface area contributed by atoms with Gasteiger partial charge in [-0.05, 0) is 6.92 Å². The van der Waals surface area contributed by atoms with E-state index < -0.39 is 15.1 Å². The van der Waals surface area contributed by atoms with Crippen molar-refractivity contribution in [3.05, 3.63) is 18.1 Å². The lowest BCUT2D eigenvalue weighted by molar-refractivity contribution is 0.396. The molecule has 0 N–H and O–H groups in total. The Morgan fingerprint density at radius 2 is 2.12 bits per heavy atom. The van der Waals surface area contributed by atoms with Crippen LogP contribution in [0.3, 0.4) is 0 Å². The highest BCUT2D eigenvalue weighted by Crippen LogP contribution is 2.18. The number of nitrogens with zero attached hydrogens (tertiary/aromatic N) is 2. The van der Waals surface area contributed by atoms with Crippen LogP contribution in [0.25, 0.3) is 0 Å². The molecule has 2 atom stereocenters. The molecule has 0 saturated heterocycles. The third kappa shape index (κ3) is 4.23. The Morgan fingerprint density at radius 3 is 2.65 bits per heavy atom.